The van der Waals surface area contributed by atoms with Gasteiger partial charge in [0.05, 0.1) is 0 Å². The van der Waals surface area contributed by atoms with Gasteiger partial charge in [0.2, 0.25) is 0 Å². The standard InChI is InChI=1S/C49H51N/c1-49(2)46-24-17-38(35-11-7-4-8-12-35)30-45(46)44-23-22-43(31-47(44)49)50(41-18-13-36(14-19-41)34-9-5-3-6-10-34)42-20-15-37(16-21-42)48-39-26-32-25-33(28-39)29-40(48)27-32/h4,7-8,11-24,30-34,39-40,48H,3,5-6,9-10,25-29H2,1-2H3. The molecule has 0 spiro atoms. The number of hydrogen-bond acceptors (Lipinski definition) is 1. The molecule has 5 aromatic carbocycles. The lowest BCUT2D eigenvalue weighted by Gasteiger charge is -2.54. The van der Waals surface area contributed by atoms with Crippen molar-refractivity contribution < 1.29 is 0 Å². The number of hydrogen-bond donors (Lipinski definition) is 0. The summed E-state index contributed by atoms with van der Waals surface area (Å²) in [7, 11) is 0. The highest BCUT2D eigenvalue weighted by Crippen LogP contribution is 2.60. The van der Waals surface area contributed by atoms with Crippen LogP contribution in [-0.2, 0) is 5.41 Å². The largest absolute Gasteiger partial charge is 0.310 e. The Labute approximate surface area is 299 Å². The van der Waals surface area contributed by atoms with E-state index in [9.17, 15) is 0 Å². The van der Waals surface area contributed by atoms with Crippen LogP contribution in [0.2, 0.25) is 0 Å². The molecule has 252 valence electrons. The summed E-state index contributed by atoms with van der Waals surface area (Å²) in [6.07, 6.45) is 14.2. The molecule has 0 atom stereocenters. The van der Waals surface area contributed by atoms with Crippen molar-refractivity contribution in [3.8, 4) is 22.3 Å². The Balaban J connectivity index is 1.03. The van der Waals surface area contributed by atoms with Crippen LogP contribution >= 0.6 is 0 Å². The summed E-state index contributed by atoms with van der Waals surface area (Å²) in [5.74, 6) is 5.32. The zero-order valence-electron chi connectivity index (χ0n) is 30.0. The molecule has 4 bridgehead atoms. The lowest BCUT2D eigenvalue weighted by atomic mass is 9.51. The summed E-state index contributed by atoms with van der Waals surface area (Å²) in [6.45, 7) is 4.82. The van der Waals surface area contributed by atoms with Crippen LogP contribution in [0.4, 0.5) is 17.1 Å². The van der Waals surface area contributed by atoms with Crippen LogP contribution in [0.15, 0.2) is 115 Å². The van der Waals surface area contributed by atoms with E-state index in [1.165, 1.54) is 120 Å². The quantitative estimate of drug-likeness (QED) is 0.176. The van der Waals surface area contributed by atoms with Crippen molar-refractivity contribution in [2.24, 2.45) is 23.7 Å². The highest BCUT2D eigenvalue weighted by Gasteiger charge is 2.48. The van der Waals surface area contributed by atoms with Gasteiger partial charge in [0, 0.05) is 22.5 Å². The SMILES string of the molecule is CC1(C)c2ccc(-c3ccccc3)cc2-c2ccc(N(c3ccc(C4CCCCC4)cc3)c3ccc(C4C5CC6CC(C5)CC4C6)cc3)cc21. The smallest absolute Gasteiger partial charge is 0.0465 e. The Morgan fingerprint density at radius 3 is 1.78 bits per heavy atom. The van der Waals surface area contributed by atoms with E-state index < -0.39 is 0 Å². The van der Waals surface area contributed by atoms with Gasteiger partial charge in [-0.2, -0.15) is 0 Å². The van der Waals surface area contributed by atoms with E-state index in [0.717, 1.165) is 29.6 Å². The lowest BCUT2D eigenvalue weighted by molar-refractivity contribution is -0.00277. The first kappa shape index (κ1) is 30.7. The van der Waals surface area contributed by atoms with Crippen molar-refractivity contribution in [1.29, 1.82) is 0 Å². The minimum absolute atomic E-state index is 0.0737. The van der Waals surface area contributed by atoms with E-state index in [4.69, 9.17) is 0 Å². The highest BCUT2D eigenvalue weighted by molar-refractivity contribution is 5.87. The van der Waals surface area contributed by atoms with Gasteiger partial charge in [-0.15, -0.1) is 0 Å². The summed E-state index contributed by atoms with van der Waals surface area (Å²) in [5, 5.41) is 0. The van der Waals surface area contributed by atoms with E-state index in [1.807, 2.05) is 0 Å². The number of benzene rings is 5. The van der Waals surface area contributed by atoms with Crippen molar-refractivity contribution in [3.05, 3.63) is 138 Å². The maximum atomic E-state index is 2.53. The Kier molecular flexibility index (Phi) is 7.37. The predicted molar refractivity (Wildman–Crippen MR) is 210 cm³/mol. The van der Waals surface area contributed by atoms with Gasteiger partial charge in [0.15, 0.2) is 0 Å². The van der Waals surface area contributed by atoms with Crippen molar-refractivity contribution >= 4 is 17.1 Å². The Hall–Kier alpha value is -4.10. The van der Waals surface area contributed by atoms with Crippen molar-refractivity contribution in [3.63, 3.8) is 0 Å². The third-order valence-corrected chi connectivity index (χ3v) is 14.0. The normalized spacial score (nSPS) is 26.1. The molecular formula is C49H51N. The lowest BCUT2D eigenvalue weighted by Crippen LogP contribution is -2.43. The highest BCUT2D eigenvalue weighted by atomic mass is 15.1. The predicted octanol–water partition coefficient (Wildman–Crippen LogP) is 13.7. The van der Waals surface area contributed by atoms with Gasteiger partial charge in [-0.25, -0.2) is 0 Å². The molecule has 0 aromatic heterocycles. The van der Waals surface area contributed by atoms with Gasteiger partial charge < -0.3 is 4.90 Å². The zero-order chi connectivity index (χ0) is 33.4. The minimum atomic E-state index is -0.0737. The Morgan fingerprint density at radius 1 is 0.500 bits per heavy atom. The van der Waals surface area contributed by atoms with E-state index >= 15 is 0 Å². The summed E-state index contributed by atoms with van der Waals surface area (Å²) >= 11 is 0. The molecule has 5 aromatic rings. The van der Waals surface area contributed by atoms with Crippen molar-refractivity contribution in [1.82, 2.24) is 0 Å². The fourth-order valence-corrected chi connectivity index (χ4v) is 11.8. The molecule has 1 nitrogen and oxygen atoms in total. The van der Waals surface area contributed by atoms with Gasteiger partial charge in [0.25, 0.3) is 0 Å². The maximum Gasteiger partial charge on any atom is 0.0465 e. The molecule has 0 aliphatic heterocycles. The molecule has 0 amide bonds. The second-order valence-electron chi connectivity index (χ2n) is 17.3. The third kappa shape index (κ3) is 5.10. The second kappa shape index (κ2) is 12.0. The molecule has 6 aliphatic carbocycles. The molecular weight excluding hydrogens is 603 g/mol. The van der Waals surface area contributed by atoms with Crippen LogP contribution < -0.4 is 4.90 Å². The second-order valence-corrected chi connectivity index (χ2v) is 17.3. The first-order valence-corrected chi connectivity index (χ1v) is 19.8. The van der Waals surface area contributed by atoms with E-state index in [1.54, 1.807) is 5.56 Å². The van der Waals surface area contributed by atoms with Crippen LogP contribution in [0, 0.1) is 23.7 Å². The molecule has 6 aliphatic rings. The number of rotatable bonds is 6. The molecule has 0 N–H and O–H groups in total. The zero-order valence-corrected chi connectivity index (χ0v) is 30.0. The van der Waals surface area contributed by atoms with Gasteiger partial charge in [-0.3, -0.25) is 0 Å². The van der Waals surface area contributed by atoms with Crippen LogP contribution in [0.3, 0.4) is 0 Å². The topological polar surface area (TPSA) is 3.24 Å². The summed E-state index contributed by atoms with van der Waals surface area (Å²) < 4.78 is 0. The average molecular weight is 654 g/mol. The van der Waals surface area contributed by atoms with E-state index in [-0.39, 0.29) is 5.41 Å². The van der Waals surface area contributed by atoms with Gasteiger partial charge in [0.1, 0.15) is 0 Å². The molecule has 5 fully saturated rings. The number of anilines is 3. The van der Waals surface area contributed by atoms with E-state index in [0.29, 0.717) is 5.92 Å². The van der Waals surface area contributed by atoms with Crippen LogP contribution in [0.1, 0.15) is 112 Å². The maximum absolute atomic E-state index is 2.53. The Morgan fingerprint density at radius 2 is 1.12 bits per heavy atom. The fraction of sp³-hybridized carbons (Fsp3) is 0.388. The van der Waals surface area contributed by atoms with Crippen LogP contribution in [-0.4, -0.2) is 0 Å². The summed E-state index contributed by atoms with van der Waals surface area (Å²) in [5.41, 5.74) is 15.0. The number of fused-ring (bicyclic) bond motifs is 3. The fourth-order valence-electron chi connectivity index (χ4n) is 11.8. The Bertz CT molecular complexity index is 1980. The molecule has 50 heavy (non-hydrogen) atoms. The molecule has 1 heteroatoms. The third-order valence-electron chi connectivity index (χ3n) is 14.0. The van der Waals surface area contributed by atoms with E-state index in [2.05, 4.69) is 134 Å². The van der Waals surface area contributed by atoms with Crippen LogP contribution in [0.5, 0.6) is 0 Å². The minimum Gasteiger partial charge on any atom is -0.310 e. The average Bonchev–Trinajstić information content (AvgIpc) is 3.38. The number of nitrogens with zero attached hydrogens (tertiary/aromatic N) is 1. The molecule has 0 heterocycles. The first-order chi connectivity index (χ1) is 24.5. The van der Waals surface area contributed by atoms with Gasteiger partial charge in [-0.05, 0) is 167 Å². The molecule has 0 radical (unpaired) electrons. The van der Waals surface area contributed by atoms with Gasteiger partial charge >= 0.3 is 0 Å². The molecule has 5 saturated carbocycles. The van der Waals surface area contributed by atoms with Gasteiger partial charge in [-0.1, -0.05) is 106 Å². The summed E-state index contributed by atoms with van der Waals surface area (Å²) in [6, 6.07) is 44.7. The molecule has 11 rings (SSSR count). The molecule has 0 saturated heterocycles. The van der Waals surface area contributed by atoms with Crippen LogP contribution in [0.25, 0.3) is 22.3 Å². The molecule has 0 unspecified atom stereocenters. The van der Waals surface area contributed by atoms with Crippen molar-refractivity contribution in [2.45, 2.75) is 95.3 Å². The van der Waals surface area contributed by atoms with Crippen molar-refractivity contribution in [2.75, 3.05) is 4.90 Å². The monoisotopic (exact) mass is 653 g/mol. The first-order valence-electron chi connectivity index (χ1n) is 19.8. The summed E-state index contributed by atoms with van der Waals surface area (Å²) in [4.78, 5) is 2.53.